The maximum Gasteiger partial charge on any atom is 0.0622 e. The summed E-state index contributed by atoms with van der Waals surface area (Å²) in [6.45, 7) is 1.85. The largest absolute Gasteiger partial charge is 0.393 e. The van der Waals surface area contributed by atoms with Crippen LogP contribution in [-0.4, -0.2) is 47.4 Å². The molecule has 0 saturated carbocycles. The first-order valence-corrected chi connectivity index (χ1v) is 5.88. The number of piperidine rings is 1. The average Bonchev–Trinajstić information content (AvgIpc) is 2.72. The Kier molecular flexibility index (Phi) is 2.26. The molecule has 0 amide bonds. The fraction of sp³-hybridized carbons (Fsp3) is 1.00. The Morgan fingerprint density at radius 1 is 1.00 bits per heavy atom. The Morgan fingerprint density at radius 3 is 2.29 bits per heavy atom. The first kappa shape index (κ1) is 9.13. The summed E-state index contributed by atoms with van der Waals surface area (Å²) >= 11 is 0. The number of aliphatic hydroxyl groups excluding tert-OH is 1. The van der Waals surface area contributed by atoms with Crippen molar-refractivity contribution in [3.8, 4) is 0 Å². The van der Waals surface area contributed by atoms with Gasteiger partial charge in [-0.3, -0.25) is 4.90 Å². The molecule has 3 rings (SSSR count). The summed E-state index contributed by atoms with van der Waals surface area (Å²) in [6.07, 6.45) is 5.73. The van der Waals surface area contributed by atoms with Crippen LogP contribution >= 0.6 is 0 Å². The number of fused-ring (bicyclic) bond motifs is 2. The highest BCUT2D eigenvalue weighted by molar-refractivity contribution is 4.98. The molecule has 1 N–H and O–H groups in total. The summed E-state index contributed by atoms with van der Waals surface area (Å²) in [5.41, 5.74) is 0. The molecule has 3 fully saturated rings. The van der Waals surface area contributed by atoms with Gasteiger partial charge in [0.1, 0.15) is 0 Å². The van der Waals surface area contributed by atoms with Gasteiger partial charge in [-0.25, -0.2) is 0 Å². The second-order valence-corrected chi connectivity index (χ2v) is 4.97. The van der Waals surface area contributed by atoms with Crippen LogP contribution in [0, 0.1) is 0 Å². The Balaban J connectivity index is 1.74. The van der Waals surface area contributed by atoms with Crippen LogP contribution in [0.3, 0.4) is 0 Å². The predicted molar refractivity (Wildman–Crippen MR) is 53.1 cm³/mol. The van der Waals surface area contributed by atoms with E-state index in [4.69, 9.17) is 4.74 Å². The van der Waals surface area contributed by atoms with E-state index in [1.165, 1.54) is 19.3 Å². The fourth-order valence-corrected chi connectivity index (χ4v) is 3.54. The zero-order valence-corrected chi connectivity index (χ0v) is 8.56. The van der Waals surface area contributed by atoms with Gasteiger partial charge in [0.25, 0.3) is 0 Å². The topological polar surface area (TPSA) is 32.7 Å². The molecule has 0 spiro atoms. The van der Waals surface area contributed by atoms with Crippen LogP contribution in [0.5, 0.6) is 0 Å². The Morgan fingerprint density at radius 2 is 1.71 bits per heavy atom. The van der Waals surface area contributed by atoms with Crippen molar-refractivity contribution in [2.75, 3.05) is 13.2 Å². The van der Waals surface area contributed by atoms with Crippen molar-refractivity contribution < 1.29 is 9.84 Å². The summed E-state index contributed by atoms with van der Waals surface area (Å²) < 4.78 is 5.46. The van der Waals surface area contributed by atoms with Crippen molar-refractivity contribution in [3.05, 3.63) is 0 Å². The molecule has 14 heavy (non-hydrogen) atoms. The van der Waals surface area contributed by atoms with Crippen LogP contribution in [0.4, 0.5) is 0 Å². The quantitative estimate of drug-likeness (QED) is 0.673. The minimum atomic E-state index is -0.0360. The summed E-state index contributed by atoms with van der Waals surface area (Å²) in [6, 6.07) is 1.95. The van der Waals surface area contributed by atoms with Gasteiger partial charge in [-0.15, -0.1) is 0 Å². The van der Waals surface area contributed by atoms with Gasteiger partial charge in [-0.2, -0.15) is 0 Å². The van der Waals surface area contributed by atoms with Gasteiger partial charge in [-0.05, 0) is 32.1 Å². The lowest BCUT2D eigenvalue weighted by Gasteiger charge is -2.40. The van der Waals surface area contributed by atoms with E-state index in [9.17, 15) is 5.11 Å². The third kappa shape index (κ3) is 1.38. The van der Waals surface area contributed by atoms with E-state index in [2.05, 4.69) is 4.90 Å². The van der Waals surface area contributed by atoms with Crippen molar-refractivity contribution in [1.29, 1.82) is 0 Å². The number of aliphatic hydroxyl groups is 1. The Labute approximate surface area is 85.0 Å². The Bertz CT molecular complexity index is 201. The van der Waals surface area contributed by atoms with Crippen molar-refractivity contribution in [3.63, 3.8) is 0 Å². The molecule has 0 aliphatic carbocycles. The molecule has 3 aliphatic rings. The second-order valence-electron chi connectivity index (χ2n) is 4.97. The van der Waals surface area contributed by atoms with Crippen molar-refractivity contribution in [1.82, 2.24) is 4.90 Å². The third-order valence-corrected chi connectivity index (χ3v) is 4.09. The number of hydrogen-bond acceptors (Lipinski definition) is 3. The normalized spacial score (nSPS) is 48.6. The molecule has 3 aliphatic heterocycles. The zero-order chi connectivity index (χ0) is 9.54. The molecule has 0 aromatic rings. The molecule has 3 heteroatoms. The molecule has 80 valence electrons. The van der Waals surface area contributed by atoms with Gasteiger partial charge in [0.2, 0.25) is 0 Å². The molecule has 3 atom stereocenters. The van der Waals surface area contributed by atoms with Crippen LogP contribution < -0.4 is 0 Å². The van der Waals surface area contributed by atoms with Crippen molar-refractivity contribution in [2.24, 2.45) is 0 Å². The summed E-state index contributed by atoms with van der Waals surface area (Å²) in [7, 11) is 0. The number of rotatable bonds is 1. The van der Waals surface area contributed by atoms with E-state index >= 15 is 0 Å². The predicted octanol–water partition coefficient (Wildman–Crippen LogP) is 0.763. The highest BCUT2D eigenvalue weighted by Gasteiger charge is 2.44. The fourth-order valence-electron chi connectivity index (χ4n) is 3.54. The number of nitrogens with zero attached hydrogens (tertiary/aromatic N) is 1. The van der Waals surface area contributed by atoms with Crippen LogP contribution in [0.25, 0.3) is 0 Å². The van der Waals surface area contributed by atoms with Gasteiger partial charge in [0.05, 0.1) is 12.7 Å². The minimum Gasteiger partial charge on any atom is -0.393 e. The average molecular weight is 197 g/mol. The highest BCUT2D eigenvalue weighted by atomic mass is 16.5. The van der Waals surface area contributed by atoms with Gasteiger partial charge in [-0.1, -0.05) is 0 Å². The van der Waals surface area contributed by atoms with Crippen molar-refractivity contribution in [2.45, 2.75) is 56.3 Å². The van der Waals surface area contributed by atoms with Crippen LogP contribution in [0.2, 0.25) is 0 Å². The maximum absolute atomic E-state index is 9.69. The zero-order valence-electron chi connectivity index (χ0n) is 8.56. The van der Waals surface area contributed by atoms with E-state index < -0.39 is 0 Å². The molecule has 0 aromatic heterocycles. The van der Waals surface area contributed by atoms with Gasteiger partial charge < -0.3 is 9.84 Å². The maximum atomic E-state index is 9.69. The van der Waals surface area contributed by atoms with E-state index in [0.29, 0.717) is 18.1 Å². The van der Waals surface area contributed by atoms with Gasteiger partial charge in [0.15, 0.2) is 0 Å². The molecule has 3 saturated heterocycles. The number of hydrogen-bond donors (Lipinski definition) is 1. The van der Waals surface area contributed by atoms with E-state index in [0.717, 1.165) is 26.1 Å². The smallest absolute Gasteiger partial charge is 0.0622 e. The molecular formula is C11H19NO2. The summed E-state index contributed by atoms with van der Waals surface area (Å²) in [4.78, 5) is 2.65. The standard InChI is InChI=1S/C11H19NO2/c13-11-5-8-1-2-9(6-11)12(8)10-3-4-14-7-10/h8-11,13H,1-7H2/t8?,9?,10-,11?/m0/s1. The van der Waals surface area contributed by atoms with E-state index in [-0.39, 0.29) is 6.10 Å². The molecule has 3 nitrogen and oxygen atoms in total. The lowest BCUT2D eigenvalue weighted by atomic mass is 9.97. The number of ether oxygens (including phenoxy) is 1. The summed E-state index contributed by atoms with van der Waals surface area (Å²) in [5.74, 6) is 0. The van der Waals surface area contributed by atoms with Gasteiger partial charge >= 0.3 is 0 Å². The molecule has 3 heterocycles. The van der Waals surface area contributed by atoms with Crippen molar-refractivity contribution >= 4 is 0 Å². The molecule has 0 aromatic carbocycles. The lowest BCUT2D eigenvalue weighted by Crippen LogP contribution is -2.50. The monoisotopic (exact) mass is 197 g/mol. The molecular weight excluding hydrogens is 178 g/mol. The first-order chi connectivity index (χ1) is 6.84. The van der Waals surface area contributed by atoms with E-state index in [1.807, 2.05) is 0 Å². The van der Waals surface area contributed by atoms with Crippen LogP contribution in [0.1, 0.15) is 32.1 Å². The molecule has 2 bridgehead atoms. The van der Waals surface area contributed by atoms with Gasteiger partial charge in [0, 0.05) is 24.7 Å². The second kappa shape index (κ2) is 3.47. The molecule has 2 unspecified atom stereocenters. The highest BCUT2D eigenvalue weighted by Crippen LogP contribution is 2.38. The summed E-state index contributed by atoms with van der Waals surface area (Å²) in [5, 5.41) is 9.69. The Hall–Kier alpha value is -0.120. The lowest BCUT2D eigenvalue weighted by molar-refractivity contribution is 0.00750. The SMILES string of the molecule is OC1CC2CCC(C1)N2[C@H]1CCOC1. The van der Waals surface area contributed by atoms with E-state index in [1.54, 1.807) is 0 Å². The van der Waals surface area contributed by atoms with Crippen LogP contribution in [0.15, 0.2) is 0 Å². The minimum absolute atomic E-state index is 0.0360. The first-order valence-electron chi connectivity index (χ1n) is 5.88. The third-order valence-electron chi connectivity index (χ3n) is 4.09. The van der Waals surface area contributed by atoms with Crippen LogP contribution in [-0.2, 0) is 4.74 Å². The molecule has 0 radical (unpaired) electrons.